The van der Waals surface area contributed by atoms with Crippen LogP contribution in [0.15, 0.2) is 36.4 Å². The molecule has 0 radical (unpaired) electrons. The number of amides is 1. The molecule has 0 spiro atoms. The Morgan fingerprint density at radius 3 is 2.58 bits per heavy atom. The minimum absolute atomic E-state index is 0.0402. The van der Waals surface area contributed by atoms with Crippen molar-refractivity contribution >= 4 is 29.2 Å². The number of carbonyl (C=O) groups is 2. The van der Waals surface area contributed by atoms with E-state index >= 15 is 0 Å². The van der Waals surface area contributed by atoms with E-state index in [1.165, 1.54) is 13.0 Å². The van der Waals surface area contributed by atoms with Crippen molar-refractivity contribution < 1.29 is 23.5 Å². The maximum Gasteiger partial charge on any atom is 0.344 e. The lowest BCUT2D eigenvalue weighted by Crippen LogP contribution is -2.31. The fourth-order valence-corrected chi connectivity index (χ4v) is 2.42. The van der Waals surface area contributed by atoms with Crippen LogP contribution in [0, 0.1) is 19.7 Å². The monoisotopic (exact) mass is 379 g/mol. The molecule has 0 saturated carbocycles. The van der Waals surface area contributed by atoms with Crippen LogP contribution in [0.2, 0.25) is 5.02 Å². The van der Waals surface area contributed by atoms with Crippen molar-refractivity contribution in [2.45, 2.75) is 26.9 Å². The SMILES string of the molecule is Cc1ccc(NC(=O)[C@@H](C)OC(=O)COc2ccc(F)cc2Cl)c(C)c1. The van der Waals surface area contributed by atoms with Crippen LogP contribution in [-0.2, 0) is 14.3 Å². The van der Waals surface area contributed by atoms with Gasteiger partial charge in [-0.05, 0) is 50.6 Å². The van der Waals surface area contributed by atoms with Crippen molar-refractivity contribution in [2.75, 3.05) is 11.9 Å². The molecule has 0 fully saturated rings. The van der Waals surface area contributed by atoms with E-state index in [1.54, 1.807) is 6.07 Å². The predicted molar refractivity (Wildman–Crippen MR) is 97.0 cm³/mol. The van der Waals surface area contributed by atoms with E-state index in [-0.39, 0.29) is 10.8 Å². The van der Waals surface area contributed by atoms with Crippen LogP contribution in [0.4, 0.5) is 10.1 Å². The molecule has 1 amide bonds. The second-order valence-corrected chi connectivity index (χ2v) is 6.21. The number of hydrogen-bond acceptors (Lipinski definition) is 4. The van der Waals surface area contributed by atoms with Gasteiger partial charge >= 0.3 is 5.97 Å². The lowest BCUT2D eigenvalue weighted by Gasteiger charge is -2.15. The number of hydrogen-bond donors (Lipinski definition) is 1. The van der Waals surface area contributed by atoms with Crippen molar-refractivity contribution in [2.24, 2.45) is 0 Å². The molecule has 138 valence electrons. The largest absolute Gasteiger partial charge is 0.480 e. The number of anilines is 1. The van der Waals surface area contributed by atoms with Crippen LogP contribution in [0.1, 0.15) is 18.1 Å². The minimum Gasteiger partial charge on any atom is -0.480 e. The van der Waals surface area contributed by atoms with Gasteiger partial charge in [0.15, 0.2) is 12.7 Å². The Labute approximate surface area is 156 Å². The molecule has 0 saturated heterocycles. The summed E-state index contributed by atoms with van der Waals surface area (Å²) in [6, 6.07) is 9.14. The van der Waals surface area contributed by atoms with Gasteiger partial charge < -0.3 is 14.8 Å². The predicted octanol–water partition coefficient (Wildman–Crippen LogP) is 4.05. The van der Waals surface area contributed by atoms with Gasteiger partial charge in [-0.15, -0.1) is 0 Å². The summed E-state index contributed by atoms with van der Waals surface area (Å²) in [6.07, 6.45) is -1.00. The first-order valence-corrected chi connectivity index (χ1v) is 8.29. The highest BCUT2D eigenvalue weighted by molar-refractivity contribution is 6.32. The normalized spacial score (nSPS) is 11.6. The molecule has 1 N–H and O–H groups in total. The van der Waals surface area contributed by atoms with E-state index in [2.05, 4.69) is 5.32 Å². The Kier molecular flexibility index (Phi) is 6.58. The summed E-state index contributed by atoms with van der Waals surface area (Å²) in [6.45, 7) is 4.84. The lowest BCUT2D eigenvalue weighted by atomic mass is 10.1. The molecule has 0 heterocycles. The maximum absolute atomic E-state index is 13.0. The van der Waals surface area contributed by atoms with Crippen molar-refractivity contribution in [3.05, 3.63) is 58.4 Å². The lowest BCUT2D eigenvalue weighted by molar-refractivity contribution is -0.155. The first kappa shape index (κ1) is 19.7. The summed E-state index contributed by atoms with van der Waals surface area (Å²) in [4.78, 5) is 24.0. The average Bonchev–Trinajstić information content (AvgIpc) is 2.56. The van der Waals surface area contributed by atoms with E-state index in [0.29, 0.717) is 5.69 Å². The molecule has 0 aliphatic rings. The van der Waals surface area contributed by atoms with Gasteiger partial charge in [-0.3, -0.25) is 4.79 Å². The number of halogens is 2. The summed E-state index contributed by atoms with van der Waals surface area (Å²) in [5.74, 6) is -1.56. The summed E-state index contributed by atoms with van der Waals surface area (Å²) < 4.78 is 23.2. The zero-order valence-corrected chi connectivity index (χ0v) is 15.4. The second kappa shape index (κ2) is 8.67. The summed E-state index contributed by atoms with van der Waals surface area (Å²) in [7, 11) is 0. The van der Waals surface area contributed by atoms with E-state index in [1.807, 2.05) is 26.0 Å². The number of esters is 1. The van der Waals surface area contributed by atoms with Gasteiger partial charge in [0.1, 0.15) is 11.6 Å². The Hall–Kier alpha value is -2.60. The molecule has 0 aliphatic heterocycles. The molecular formula is C19H19ClFNO4. The van der Waals surface area contributed by atoms with Crippen LogP contribution in [-0.4, -0.2) is 24.6 Å². The molecule has 0 aromatic heterocycles. The average molecular weight is 380 g/mol. The van der Waals surface area contributed by atoms with Crippen molar-refractivity contribution in [3.8, 4) is 5.75 Å². The molecule has 7 heteroatoms. The van der Waals surface area contributed by atoms with Gasteiger partial charge in [0.05, 0.1) is 5.02 Å². The van der Waals surface area contributed by atoms with Gasteiger partial charge in [-0.2, -0.15) is 0 Å². The van der Waals surface area contributed by atoms with Gasteiger partial charge in [0.2, 0.25) is 0 Å². The molecular weight excluding hydrogens is 361 g/mol. The van der Waals surface area contributed by atoms with Crippen LogP contribution in [0.25, 0.3) is 0 Å². The van der Waals surface area contributed by atoms with Crippen LogP contribution in [0.5, 0.6) is 5.75 Å². The first-order valence-electron chi connectivity index (χ1n) is 7.91. The highest BCUT2D eigenvalue weighted by Gasteiger charge is 2.19. The Bertz CT molecular complexity index is 825. The van der Waals surface area contributed by atoms with Crippen LogP contribution >= 0.6 is 11.6 Å². The molecule has 2 rings (SSSR count). The number of aryl methyl sites for hydroxylation is 2. The molecule has 1 atom stereocenters. The third-order valence-corrected chi connectivity index (χ3v) is 3.85. The fraction of sp³-hybridized carbons (Fsp3) is 0.263. The van der Waals surface area contributed by atoms with Crippen molar-refractivity contribution in [1.29, 1.82) is 0 Å². The number of carbonyl (C=O) groups excluding carboxylic acids is 2. The molecule has 0 bridgehead atoms. The number of nitrogens with one attached hydrogen (secondary N) is 1. The Morgan fingerprint density at radius 2 is 1.92 bits per heavy atom. The van der Waals surface area contributed by atoms with E-state index in [0.717, 1.165) is 23.3 Å². The fourth-order valence-electron chi connectivity index (χ4n) is 2.20. The number of rotatable bonds is 6. The molecule has 2 aromatic carbocycles. The van der Waals surface area contributed by atoms with Gasteiger partial charge in [0, 0.05) is 5.69 Å². The van der Waals surface area contributed by atoms with Crippen LogP contribution < -0.4 is 10.1 Å². The van der Waals surface area contributed by atoms with Crippen molar-refractivity contribution in [3.63, 3.8) is 0 Å². The van der Waals surface area contributed by atoms with Crippen LogP contribution in [0.3, 0.4) is 0 Å². The third-order valence-electron chi connectivity index (χ3n) is 3.56. The summed E-state index contributed by atoms with van der Waals surface area (Å²) >= 11 is 5.80. The van der Waals surface area contributed by atoms with E-state index in [9.17, 15) is 14.0 Å². The highest BCUT2D eigenvalue weighted by Crippen LogP contribution is 2.24. The van der Waals surface area contributed by atoms with Gasteiger partial charge in [0.25, 0.3) is 5.91 Å². The standard InChI is InChI=1S/C19H19ClFNO4/c1-11-4-6-16(12(2)8-11)22-19(24)13(3)26-18(23)10-25-17-7-5-14(21)9-15(17)20/h4-9,13H,10H2,1-3H3,(H,22,24)/t13-/m1/s1. The Morgan fingerprint density at radius 1 is 1.19 bits per heavy atom. The molecule has 2 aromatic rings. The molecule has 0 unspecified atom stereocenters. The molecule has 5 nitrogen and oxygen atoms in total. The van der Waals surface area contributed by atoms with Gasteiger partial charge in [-0.1, -0.05) is 29.3 Å². The second-order valence-electron chi connectivity index (χ2n) is 5.80. The number of benzene rings is 2. The molecule has 0 aliphatic carbocycles. The zero-order valence-electron chi connectivity index (χ0n) is 14.6. The van der Waals surface area contributed by atoms with Gasteiger partial charge in [-0.25, -0.2) is 9.18 Å². The summed E-state index contributed by atoms with van der Waals surface area (Å²) in [5.41, 5.74) is 2.64. The number of ether oxygens (including phenoxy) is 2. The summed E-state index contributed by atoms with van der Waals surface area (Å²) in [5, 5.41) is 2.75. The first-order chi connectivity index (χ1) is 12.3. The quantitative estimate of drug-likeness (QED) is 0.769. The Balaban J connectivity index is 1.86. The maximum atomic E-state index is 13.0. The van der Waals surface area contributed by atoms with Crippen molar-refractivity contribution in [1.82, 2.24) is 0 Å². The molecule has 26 heavy (non-hydrogen) atoms. The van der Waals surface area contributed by atoms with E-state index in [4.69, 9.17) is 21.1 Å². The topological polar surface area (TPSA) is 64.6 Å². The zero-order chi connectivity index (χ0) is 19.3. The smallest absolute Gasteiger partial charge is 0.344 e. The third kappa shape index (κ3) is 5.46. The highest BCUT2D eigenvalue weighted by atomic mass is 35.5. The van der Waals surface area contributed by atoms with E-state index < -0.39 is 30.4 Å². The minimum atomic E-state index is -1.00.